The lowest BCUT2D eigenvalue weighted by atomic mass is 9.86. The highest BCUT2D eigenvalue weighted by atomic mass is 35.5. The summed E-state index contributed by atoms with van der Waals surface area (Å²) in [6.45, 7) is 0. The molecule has 5 heteroatoms. The summed E-state index contributed by atoms with van der Waals surface area (Å²) in [4.78, 5) is 5.30. The molecular weight excluding hydrogens is 349 g/mol. The lowest BCUT2D eigenvalue weighted by Crippen LogP contribution is -2.14. The van der Waals surface area contributed by atoms with Crippen LogP contribution in [0.5, 0.6) is 0 Å². The smallest absolute Gasteiger partial charge is 0.0877 e. The van der Waals surface area contributed by atoms with Crippen LogP contribution in [0.3, 0.4) is 0 Å². The van der Waals surface area contributed by atoms with Gasteiger partial charge in [0, 0.05) is 33.2 Å². The van der Waals surface area contributed by atoms with Gasteiger partial charge >= 0.3 is 0 Å². The van der Waals surface area contributed by atoms with Crippen molar-refractivity contribution in [3.63, 3.8) is 0 Å². The van der Waals surface area contributed by atoms with Crippen LogP contribution in [-0.2, 0) is 6.42 Å². The van der Waals surface area contributed by atoms with Crippen molar-refractivity contribution < 1.29 is 5.11 Å². The molecule has 0 amide bonds. The summed E-state index contributed by atoms with van der Waals surface area (Å²) in [5.41, 5.74) is 1.67. The molecule has 2 nitrogen and oxygen atoms in total. The second-order valence-corrected chi connectivity index (χ2v) is 7.16. The van der Waals surface area contributed by atoms with E-state index >= 15 is 0 Å². The van der Waals surface area contributed by atoms with Crippen LogP contribution in [0.25, 0.3) is 0 Å². The van der Waals surface area contributed by atoms with Crippen LogP contribution in [0.1, 0.15) is 28.0 Å². The number of aromatic nitrogens is 1. The number of nitrogens with zero attached hydrogens (tertiary/aromatic N) is 1. The fourth-order valence-corrected chi connectivity index (χ4v) is 3.94. The standard InChI is InChI=1S/C18H15Cl2NOS/c19-13-5-6-15(17(20)9-13)16(10-14-4-2-8-23-14)18(22)12-3-1-7-21-11-12/h1-9,11,16,18,22H,10H2. The Kier molecular flexibility index (Phi) is 5.34. The van der Waals surface area contributed by atoms with Gasteiger partial charge < -0.3 is 5.11 Å². The molecule has 0 spiro atoms. The third-order valence-electron chi connectivity index (χ3n) is 3.77. The maximum absolute atomic E-state index is 10.9. The van der Waals surface area contributed by atoms with Gasteiger partial charge in [-0.1, -0.05) is 41.4 Å². The molecule has 118 valence electrons. The van der Waals surface area contributed by atoms with Gasteiger partial charge in [0.25, 0.3) is 0 Å². The van der Waals surface area contributed by atoms with Gasteiger partial charge in [0.15, 0.2) is 0 Å². The zero-order valence-corrected chi connectivity index (χ0v) is 14.5. The molecule has 0 bridgehead atoms. The molecule has 2 heterocycles. The number of pyridine rings is 1. The molecule has 0 saturated carbocycles. The van der Waals surface area contributed by atoms with Crippen molar-refractivity contribution in [1.82, 2.24) is 4.98 Å². The molecular formula is C18H15Cl2NOS. The SMILES string of the molecule is OC(c1cccnc1)C(Cc1cccs1)c1ccc(Cl)cc1Cl. The van der Waals surface area contributed by atoms with E-state index in [4.69, 9.17) is 23.2 Å². The molecule has 1 N–H and O–H groups in total. The van der Waals surface area contributed by atoms with E-state index in [1.165, 1.54) is 4.88 Å². The fourth-order valence-electron chi connectivity index (χ4n) is 2.62. The van der Waals surface area contributed by atoms with Gasteiger partial charge in [-0.3, -0.25) is 4.98 Å². The Morgan fingerprint density at radius 3 is 2.65 bits per heavy atom. The topological polar surface area (TPSA) is 33.1 Å². The van der Waals surface area contributed by atoms with E-state index in [9.17, 15) is 5.11 Å². The Labute approximate surface area is 149 Å². The van der Waals surface area contributed by atoms with Crippen LogP contribution in [0.15, 0.2) is 60.2 Å². The summed E-state index contributed by atoms with van der Waals surface area (Å²) in [7, 11) is 0. The first kappa shape index (κ1) is 16.5. The van der Waals surface area contributed by atoms with E-state index in [2.05, 4.69) is 11.1 Å². The maximum Gasteiger partial charge on any atom is 0.0877 e. The molecule has 2 aromatic heterocycles. The Hall–Kier alpha value is -1.39. The molecule has 0 radical (unpaired) electrons. The molecule has 3 aromatic rings. The maximum atomic E-state index is 10.9. The third kappa shape index (κ3) is 3.93. The number of aliphatic hydroxyl groups is 1. The number of aliphatic hydroxyl groups excluding tert-OH is 1. The van der Waals surface area contributed by atoms with Crippen LogP contribution in [0.4, 0.5) is 0 Å². The van der Waals surface area contributed by atoms with Crippen molar-refractivity contribution in [2.45, 2.75) is 18.4 Å². The van der Waals surface area contributed by atoms with Gasteiger partial charge in [-0.2, -0.15) is 0 Å². The number of benzene rings is 1. The van der Waals surface area contributed by atoms with Gasteiger partial charge in [0.1, 0.15) is 0 Å². The fraction of sp³-hybridized carbons (Fsp3) is 0.167. The highest BCUT2D eigenvalue weighted by Crippen LogP contribution is 2.38. The molecule has 2 unspecified atom stereocenters. The van der Waals surface area contributed by atoms with Gasteiger partial charge in [-0.15, -0.1) is 11.3 Å². The first-order valence-corrected chi connectivity index (χ1v) is 8.84. The van der Waals surface area contributed by atoms with Crippen LogP contribution in [-0.4, -0.2) is 10.1 Å². The van der Waals surface area contributed by atoms with E-state index in [1.54, 1.807) is 35.9 Å². The third-order valence-corrected chi connectivity index (χ3v) is 5.23. The van der Waals surface area contributed by atoms with Crippen molar-refractivity contribution in [3.8, 4) is 0 Å². The molecule has 0 fully saturated rings. The van der Waals surface area contributed by atoms with E-state index in [1.807, 2.05) is 29.6 Å². The summed E-state index contributed by atoms with van der Waals surface area (Å²) < 4.78 is 0. The zero-order chi connectivity index (χ0) is 16.2. The summed E-state index contributed by atoms with van der Waals surface area (Å²) in [5, 5.41) is 14.1. The van der Waals surface area contributed by atoms with E-state index < -0.39 is 6.10 Å². The van der Waals surface area contributed by atoms with Crippen LogP contribution in [0.2, 0.25) is 10.0 Å². The Balaban J connectivity index is 1.99. The minimum Gasteiger partial charge on any atom is -0.388 e. The van der Waals surface area contributed by atoms with Gasteiger partial charge in [-0.25, -0.2) is 0 Å². The largest absolute Gasteiger partial charge is 0.388 e. The quantitative estimate of drug-likeness (QED) is 0.648. The number of halogens is 2. The number of hydrogen-bond acceptors (Lipinski definition) is 3. The van der Waals surface area contributed by atoms with Crippen molar-refractivity contribution in [2.24, 2.45) is 0 Å². The average Bonchev–Trinajstić information content (AvgIpc) is 3.07. The molecule has 1 aromatic carbocycles. The molecule has 2 atom stereocenters. The summed E-state index contributed by atoms with van der Waals surface area (Å²) in [5.74, 6) is -0.164. The van der Waals surface area contributed by atoms with Gasteiger partial charge in [-0.05, 0) is 47.2 Å². The second-order valence-electron chi connectivity index (χ2n) is 5.29. The first-order chi connectivity index (χ1) is 11.1. The Morgan fingerprint density at radius 1 is 1.13 bits per heavy atom. The minimum atomic E-state index is -0.690. The summed E-state index contributed by atoms with van der Waals surface area (Å²) in [6.07, 6.45) is 3.40. The monoisotopic (exact) mass is 363 g/mol. The molecule has 3 rings (SSSR count). The predicted molar refractivity (Wildman–Crippen MR) is 96.4 cm³/mol. The number of hydrogen-bond donors (Lipinski definition) is 1. The van der Waals surface area contributed by atoms with Gasteiger partial charge in [0.05, 0.1) is 6.10 Å². The number of thiophene rings is 1. The highest BCUT2D eigenvalue weighted by Gasteiger charge is 2.25. The number of rotatable bonds is 5. The summed E-state index contributed by atoms with van der Waals surface area (Å²) >= 11 is 14.1. The van der Waals surface area contributed by atoms with E-state index in [0.29, 0.717) is 16.5 Å². The molecule has 23 heavy (non-hydrogen) atoms. The van der Waals surface area contributed by atoms with Gasteiger partial charge in [0.2, 0.25) is 0 Å². The minimum absolute atomic E-state index is 0.164. The molecule has 0 saturated heterocycles. The molecule has 0 aliphatic rings. The highest BCUT2D eigenvalue weighted by molar-refractivity contribution is 7.09. The van der Waals surface area contributed by atoms with Crippen LogP contribution >= 0.6 is 34.5 Å². The average molecular weight is 364 g/mol. The normalized spacial score (nSPS) is 13.7. The van der Waals surface area contributed by atoms with E-state index in [0.717, 1.165) is 11.1 Å². The summed E-state index contributed by atoms with van der Waals surface area (Å²) in [6, 6.07) is 13.2. The Morgan fingerprint density at radius 2 is 2.00 bits per heavy atom. The molecule has 0 aliphatic heterocycles. The lowest BCUT2D eigenvalue weighted by Gasteiger charge is -2.24. The predicted octanol–water partition coefficient (Wildman–Crippen LogP) is 5.51. The zero-order valence-electron chi connectivity index (χ0n) is 12.2. The second kappa shape index (κ2) is 7.45. The van der Waals surface area contributed by atoms with Crippen LogP contribution < -0.4 is 0 Å². The Bertz CT molecular complexity index is 762. The van der Waals surface area contributed by atoms with Crippen molar-refractivity contribution >= 4 is 34.5 Å². The van der Waals surface area contributed by atoms with Crippen molar-refractivity contribution in [3.05, 3.63) is 86.3 Å². The van der Waals surface area contributed by atoms with Crippen molar-refractivity contribution in [1.29, 1.82) is 0 Å². The van der Waals surface area contributed by atoms with E-state index in [-0.39, 0.29) is 5.92 Å². The first-order valence-electron chi connectivity index (χ1n) is 7.20. The van der Waals surface area contributed by atoms with Crippen molar-refractivity contribution in [2.75, 3.05) is 0 Å². The lowest BCUT2D eigenvalue weighted by molar-refractivity contribution is 0.144. The molecule has 0 aliphatic carbocycles. The van der Waals surface area contributed by atoms with Crippen LogP contribution in [0, 0.1) is 0 Å².